The molecule has 0 bridgehead atoms. The standard InChI is InChI=1S/C16H25NO3/c1-4-17-16(15-11-18-8-9-19-15)13-6-5-7-14(10-13)20-12(2)3/h5-7,10,12,15-17H,4,8-9,11H2,1-3H3. The molecule has 2 atom stereocenters. The second-order valence-corrected chi connectivity index (χ2v) is 5.26. The molecule has 112 valence electrons. The van der Waals surface area contributed by atoms with Gasteiger partial charge in [-0.25, -0.2) is 0 Å². The van der Waals surface area contributed by atoms with Crippen molar-refractivity contribution in [1.82, 2.24) is 5.32 Å². The summed E-state index contributed by atoms with van der Waals surface area (Å²) < 4.78 is 17.1. The second kappa shape index (κ2) is 7.62. The number of likely N-dealkylation sites (N-methyl/N-ethyl adjacent to an activating group) is 1. The SMILES string of the molecule is CCNC(c1cccc(OC(C)C)c1)C1COCCO1. The maximum absolute atomic E-state index is 5.84. The molecule has 0 aliphatic carbocycles. The minimum absolute atomic E-state index is 0.0537. The first kappa shape index (κ1) is 15.3. The van der Waals surface area contributed by atoms with Crippen molar-refractivity contribution in [2.45, 2.75) is 39.0 Å². The Labute approximate surface area is 121 Å². The van der Waals surface area contributed by atoms with Gasteiger partial charge in [-0.3, -0.25) is 0 Å². The van der Waals surface area contributed by atoms with Crippen molar-refractivity contribution >= 4 is 0 Å². The molecule has 2 unspecified atom stereocenters. The molecule has 0 spiro atoms. The first-order valence-electron chi connectivity index (χ1n) is 7.40. The van der Waals surface area contributed by atoms with Crippen LogP contribution in [0.15, 0.2) is 24.3 Å². The van der Waals surface area contributed by atoms with Crippen LogP contribution in [0.1, 0.15) is 32.4 Å². The maximum Gasteiger partial charge on any atom is 0.120 e. The van der Waals surface area contributed by atoms with Crippen LogP contribution in [0.3, 0.4) is 0 Å². The number of benzene rings is 1. The Hall–Kier alpha value is -1.10. The van der Waals surface area contributed by atoms with Crippen molar-refractivity contribution in [3.8, 4) is 5.75 Å². The van der Waals surface area contributed by atoms with Gasteiger partial charge >= 0.3 is 0 Å². The van der Waals surface area contributed by atoms with E-state index >= 15 is 0 Å². The molecular weight excluding hydrogens is 254 g/mol. The molecule has 1 aromatic carbocycles. The Morgan fingerprint density at radius 1 is 1.35 bits per heavy atom. The fraction of sp³-hybridized carbons (Fsp3) is 0.625. The molecule has 1 heterocycles. The Morgan fingerprint density at radius 2 is 2.20 bits per heavy atom. The molecule has 0 amide bonds. The third-order valence-corrected chi connectivity index (χ3v) is 3.23. The first-order valence-corrected chi connectivity index (χ1v) is 7.40. The molecule has 4 heteroatoms. The molecule has 1 aliphatic heterocycles. The van der Waals surface area contributed by atoms with E-state index in [9.17, 15) is 0 Å². The van der Waals surface area contributed by atoms with Crippen LogP contribution in [-0.4, -0.2) is 38.6 Å². The first-order chi connectivity index (χ1) is 9.70. The highest BCUT2D eigenvalue weighted by molar-refractivity contribution is 5.31. The highest BCUT2D eigenvalue weighted by atomic mass is 16.6. The molecule has 1 aliphatic rings. The van der Waals surface area contributed by atoms with E-state index in [1.807, 2.05) is 26.0 Å². The quantitative estimate of drug-likeness (QED) is 0.868. The zero-order valence-electron chi connectivity index (χ0n) is 12.6. The van der Waals surface area contributed by atoms with Crippen molar-refractivity contribution in [2.75, 3.05) is 26.4 Å². The molecule has 1 fully saturated rings. The summed E-state index contributed by atoms with van der Waals surface area (Å²) in [4.78, 5) is 0. The van der Waals surface area contributed by atoms with Gasteiger partial charge < -0.3 is 19.5 Å². The molecule has 4 nitrogen and oxygen atoms in total. The van der Waals surface area contributed by atoms with Crippen LogP contribution in [-0.2, 0) is 9.47 Å². The van der Waals surface area contributed by atoms with E-state index in [1.54, 1.807) is 0 Å². The Kier molecular flexibility index (Phi) is 5.83. The molecule has 1 N–H and O–H groups in total. The summed E-state index contributed by atoms with van der Waals surface area (Å²) >= 11 is 0. The number of ether oxygens (including phenoxy) is 3. The topological polar surface area (TPSA) is 39.7 Å². The normalized spacial score (nSPS) is 20.9. The summed E-state index contributed by atoms with van der Waals surface area (Å²) in [6, 6.07) is 8.35. The lowest BCUT2D eigenvalue weighted by Crippen LogP contribution is -2.40. The van der Waals surface area contributed by atoms with E-state index in [4.69, 9.17) is 14.2 Å². The van der Waals surface area contributed by atoms with Crippen LogP contribution in [0.2, 0.25) is 0 Å². The van der Waals surface area contributed by atoms with Crippen LogP contribution >= 0.6 is 0 Å². The van der Waals surface area contributed by atoms with Crippen LogP contribution < -0.4 is 10.1 Å². The summed E-state index contributed by atoms with van der Waals surface area (Å²) in [6.45, 7) is 9.04. The number of hydrogen-bond donors (Lipinski definition) is 1. The van der Waals surface area contributed by atoms with E-state index in [-0.39, 0.29) is 18.2 Å². The Bertz CT molecular complexity index is 402. The van der Waals surface area contributed by atoms with E-state index in [0.29, 0.717) is 19.8 Å². The Balaban J connectivity index is 2.15. The van der Waals surface area contributed by atoms with Crippen LogP contribution in [0, 0.1) is 0 Å². The largest absolute Gasteiger partial charge is 0.491 e. The van der Waals surface area contributed by atoms with Gasteiger partial charge in [0, 0.05) is 0 Å². The van der Waals surface area contributed by atoms with Gasteiger partial charge in [0.05, 0.1) is 32.0 Å². The lowest BCUT2D eigenvalue weighted by molar-refractivity contribution is -0.102. The zero-order valence-corrected chi connectivity index (χ0v) is 12.6. The van der Waals surface area contributed by atoms with Crippen LogP contribution in [0.4, 0.5) is 0 Å². The Morgan fingerprint density at radius 3 is 2.85 bits per heavy atom. The molecule has 0 saturated carbocycles. The molecule has 0 aromatic heterocycles. The molecule has 1 saturated heterocycles. The number of hydrogen-bond acceptors (Lipinski definition) is 4. The second-order valence-electron chi connectivity index (χ2n) is 5.26. The van der Waals surface area contributed by atoms with Crippen molar-refractivity contribution in [3.05, 3.63) is 29.8 Å². The van der Waals surface area contributed by atoms with Gasteiger partial charge in [0.15, 0.2) is 0 Å². The molecule has 2 rings (SSSR count). The van der Waals surface area contributed by atoms with Crippen molar-refractivity contribution in [2.24, 2.45) is 0 Å². The summed E-state index contributed by atoms with van der Waals surface area (Å²) in [5, 5.41) is 3.49. The van der Waals surface area contributed by atoms with E-state index in [0.717, 1.165) is 12.3 Å². The van der Waals surface area contributed by atoms with Gasteiger partial charge in [0.2, 0.25) is 0 Å². The van der Waals surface area contributed by atoms with Crippen molar-refractivity contribution in [1.29, 1.82) is 0 Å². The van der Waals surface area contributed by atoms with Gasteiger partial charge in [-0.2, -0.15) is 0 Å². The van der Waals surface area contributed by atoms with E-state index in [2.05, 4.69) is 24.4 Å². The fourth-order valence-electron chi connectivity index (χ4n) is 2.44. The minimum Gasteiger partial charge on any atom is -0.491 e. The van der Waals surface area contributed by atoms with Gasteiger partial charge in [-0.05, 0) is 38.1 Å². The van der Waals surface area contributed by atoms with Crippen molar-refractivity contribution < 1.29 is 14.2 Å². The van der Waals surface area contributed by atoms with Gasteiger partial charge in [-0.15, -0.1) is 0 Å². The number of rotatable bonds is 6. The van der Waals surface area contributed by atoms with Gasteiger partial charge in [0.25, 0.3) is 0 Å². The summed E-state index contributed by atoms with van der Waals surface area (Å²) in [6.07, 6.45) is 0.232. The maximum atomic E-state index is 5.84. The highest BCUT2D eigenvalue weighted by Gasteiger charge is 2.26. The molecule has 20 heavy (non-hydrogen) atoms. The van der Waals surface area contributed by atoms with E-state index in [1.165, 1.54) is 5.56 Å². The summed E-state index contributed by atoms with van der Waals surface area (Å²) in [5.74, 6) is 0.900. The van der Waals surface area contributed by atoms with Crippen LogP contribution in [0.5, 0.6) is 5.75 Å². The van der Waals surface area contributed by atoms with Gasteiger partial charge in [0.1, 0.15) is 11.9 Å². The van der Waals surface area contributed by atoms with Crippen LogP contribution in [0.25, 0.3) is 0 Å². The monoisotopic (exact) mass is 279 g/mol. The fourth-order valence-corrected chi connectivity index (χ4v) is 2.44. The average Bonchev–Trinajstić information content (AvgIpc) is 2.45. The zero-order chi connectivity index (χ0) is 14.4. The predicted octanol–water partition coefficient (Wildman–Crippen LogP) is 2.54. The molecular formula is C16H25NO3. The lowest BCUT2D eigenvalue weighted by Gasteiger charge is -2.31. The minimum atomic E-state index is 0.0537. The lowest BCUT2D eigenvalue weighted by atomic mass is 10.0. The third kappa shape index (κ3) is 4.20. The van der Waals surface area contributed by atoms with Gasteiger partial charge in [-0.1, -0.05) is 19.1 Å². The molecule has 1 aromatic rings. The third-order valence-electron chi connectivity index (χ3n) is 3.23. The highest BCUT2D eigenvalue weighted by Crippen LogP contribution is 2.25. The number of nitrogens with one attached hydrogen (secondary N) is 1. The summed E-state index contributed by atoms with van der Waals surface area (Å²) in [5.41, 5.74) is 1.18. The van der Waals surface area contributed by atoms with Crippen molar-refractivity contribution in [3.63, 3.8) is 0 Å². The van der Waals surface area contributed by atoms with E-state index < -0.39 is 0 Å². The predicted molar refractivity (Wildman–Crippen MR) is 79.2 cm³/mol. The average molecular weight is 279 g/mol. The summed E-state index contributed by atoms with van der Waals surface area (Å²) in [7, 11) is 0. The molecule has 0 radical (unpaired) electrons. The smallest absolute Gasteiger partial charge is 0.120 e.